The minimum absolute atomic E-state index is 0.465. The summed E-state index contributed by atoms with van der Waals surface area (Å²) in [5.41, 5.74) is 6.09. The Morgan fingerprint density at radius 3 is 2.85 bits per heavy atom. The number of nitrogens with two attached hydrogens (primary N) is 1. The van der Waals surface area contributed by atoms with E-state index in [0.29, 0.717) is 18.8 Å². The molecule has 1 atom stereocenters. The smallest absolute Gasteiger partial charge is 0.212 e. The molecule has 1 rings (SSSR count). The monoisotopic (exact) mass is 182 g/mol. The van der Waals surface area contributed by atoms with E-state index in [1.807, 2.05) is 0 Å². The van der Waals surface area contributed by atoms with E-state index in [-0.39, 0.29) is 0 Å². The van der Waals surface area contributed by atoms with Gasteiger partial charge in [-0.2, -0.15) is 0 Å². The molecule has 0 aliphatic heterocycles. The molecule has 0 bridgehead atoms. The molecule has 1 aromatic rings. The average molecular weight is 182 g/mol. The lowest BCUT2D eigenvalue weighted by Gasteiger charge is -2.08. The van der Waals surface area contributed by atoms with Crippen molar-refractivity contribution in [3.05, 3.63) is 23.9 Å². The molecule has 0 aliphatic carbocycles. The van der Waals surface area contributed by atoms with Gasteiger partial charge in [0.05, 0.1) is 13.2 Å². The predicted molar refractivity (Wildman–Crippen MR) is 49.4 cm³/mol. The van der Waals surface area contributed by atoms with Crippen LogP contribution in [0.15, 0.2) is 18.3 Å². The Morgan fingerprint density at radius 2 is 2.38 bits per heavy atom. The van der Waals surface area contributed by atoms with Crippen molar-refractivity contribution in [1.82, 2.24) is 4.98 Å². The summed E-state index contributed by atoms with van der Waals surface area (Å²) in [6.45, 7) is 0.465. The molecule has 1 aromatic heterocycles. The largest absolute Gasteiger partial charge is 0.481 e. The summed E-state index contributed by atoms with van der Waals surface area (Å²) in [6, 6.07) is 3.50. The summed E-state index contributed by atoms with van der Waals surface area (Å²) < 4.78 is 4.89. The Morgan fingerprint density at radius 1 is 1.62 bits per heavy atom. The first kappa shape index (κ1) is 9.95. The van der Waals surface area contributed by atoms with Crippen molar-refractivity contribution in [2.24, 2.45) is 5.73 Å². The molecule has 0 radical (unpaired) electrons. The lowest BCUT2D eigenvalue weighted by atomic mass is 10.1. The van der Waals surface area contributed by atoms with Crippen LogP contribution in [0.1, 0.15) is 18.1 Å². The molecule has 3 N–H and O–H groups in total. The molecule has 4 nitrogen and oxygen atoms in total. The third-order valence-corrected chi connectivity index (χ3v) is 1.79. The first-order valence-corrected chi connectivity index (χ1v) is 4.16. The number of rotatable bonds is 4. The number of aliphatic hydroxyl groups excluding tert-OH is 1. The van der Waals surface area contributed by atoms with Gasteiger partial charge in [-0.1, -0.05) is 0 Å². The van der Waals surface area contributed by atoms with Crippen LogP contribution in [-0.2, 0) is 0 Å². The molecule has 0 fully saturated rings. The van der Waals surface area contributed by atoms with Crippen LogP contribution in [0.4, 0.5) is 0 Å². The van der Waals surface area contributed by atoms with Gasteiger partial charge in [-0.25, -0.2) is 4.98 Å². The van der Waals surface area contributed by atoms with Crippen LogP contribution in [0.5, 0.6) is 5.88 Å². The highest BCUT2D eigenvalue weighted by Crippen LogP contribution is 2.16. The molecule has 1 heterocycles. The van der Waals surface area contributed by atoms with Crippen molar-refractivity contribution in [3.8, 4) is 5.88 Å². The number of hydrogen-bond acceptors (Lipinski definition) is 4. The van der Waals surface area contributed by atoms with E-state index < -0.39 is 6.10 Å². The van der Waals surface area contributed by atoms with E-state index in [4.69, 9.17) is 10.5 Å². The Labute approximate surface area is 77.4 Å². The molecule has 0 spiro atoms. The Hall–Kier alpha value is -1.13. The number of hydrogen-bond donors (Lipinski definition) is 2. The normalized spacial score (nSPS) is 12.5. The zero-order valence-electron chi connectivity index (χ0n) is 7.60. The molecule has 4 heteroatoms. The molecule has 13 heavy (non-hydrogen) atoms. The Balaban J connectivity index is 2.67. The van der Waals surface area contributed by atoms with Gasteiger partial charge in [-0.05, 0) is 24.6 Å². The third-order valence-electron chi connectivity index (χ3n) is 1.79. The van der Waals surface area contributed by atoms with E-state index in [1.54, 1.807) is 25.4 Å². The number of aromatic nitrogens is 1. The SMILES string of the molecule is COc1ccc([C@@H](O)CCN)cn1. The van der Waals surface area contributed by atoms with Gasteiger partial charge in [0, 0.05) is 12.3 Å². The van der Waals surface area contributed by atoms with Gasteiger partial charge in [0.25, 0.3) is 0 Å². The first-order valence-electron chi connectivity index (χ1n) is 4.16. The molecule has 0 unspecified atom stereocenters. The van der Waals surface area contributed by atoms with Crippen molar-refractivity contribution in [3.63, 3.8) is 0 Å². The second-order valence-electron chi connectivity index (χ2n) is 2.73. The predicted octanol–water partition coefficient (Wildman–Crippen LogP) is 0.472. The van der Waals surface area contributed by atoms with Crippen LogP contribution in [0.25, 0.3) is 0 Å². The quantitative estimate of drug-likeness (QED) is 0.710. The zero-order valence-corrected chi connectivity index (χ0v) is 7.60. The standard InChI is InChI=1S/C9H14N2O2/c1-13-9-3-2-7(6-11-9)8(12)4-5-10/h2-3,6,8,12H,4-5,10H2,1H3/t8-/m0/s1. The van der Waals surface area contributed by atoms with E-state index >= 15 is 0 Å². The average Bonchev–Trinajstić information content (AvgIpc) is 2.18. The first-order chi connectivity index (χ1) is 6.27. The van der Waals surface area contributed by atoms with Crippen molar-refractivity contribution in [2.75, 3.05) is 13.7 Å². The Kier molecular flexibility index (Phi) is 3.67. The van der Waals surface area contributed by atoms with Crippen LogP contribution < -0.4 is 10.5 Å². The van der Waals surface area contributed by atoms with Crippen LogP contribution in [-0.4, -0.2) is 23.7 Å². The summed E-state index contributed by atoms with van der Waals surface area (Å²) in [5.74, 6) is 0.545. The highest BCUT2D eigenvalue weighted by atomic mass is 16.5. The van der Waals surface area contributed by atoms with Gasteiger partial charge in [0.15, 0.2) is 0 Å². The van der Waals surface area contributed by atoms with Crippen molar-refractivity contribution in [2.45, 2.75) is 12.5 Å². The van der Waals surface area contributed by atoms with E-state index in [9.17, 15) is 5.11 Å². The van der Waals surface area contributed by atoms with Gasteiger partial charge >= 0.3 is 0 Å². The molecule has 0 aromatic carbocycles. The summed E-state index contributed by atoms with van der Waals surface area (Å²) in [7, 11) is 1.55. The summed E-state index contributed by atoms with van der Waals surface area (Å²) >= 11 is 0. The maximum atomic E-state index is 9.52. The lowest BCUT2D eigenvalue weighted by molar-refractivity contribution is 0.170. The fraction of sp³-hybridized carbons (Fsp3) is 0.444. The van der Waals surface area contributed by atoms with Crippen molar-refractivity contribution < 1.29 is 9.84 Å². The summed E-state index contributed by atoms with van der Waals surface area (Å²) in [5, 5.41) is 9.52. The summed E-state index contributed by atoms with van der Waals surface area (Å²) in [6.07, 6.45) is 1.62. The van der Waals surface area contributed by atoms with Gasteiger partial charge in [0.1, 0.15) is 0 Å². The van der Waals surface area contributed by atoms with Crippen molar-refractivity contribution in [1.29, 1.82) is 0 Å². The molecular weight excluding hydrogens is 168 g/mol. The lowest BCUT2D eigenvalue weighted by Crippen LogP contribution is -2.06. The summed E-state index contributed by atoms with van der Waals surface area (Å²) in [4.78, 5) is 3.98. The van der Waals surface area contributed by atoms with E-state index in [2.05, 4.69) is 4.98 Å². The molecule has 0 aliphatic rings. The molecule has 0 saturated heterocycles. The second kappa shape index (κ2) is 4.79. The van der Waals surface area contributed by atoms with E-state index in [1.165, 1.54) is 0 Å². The molecule has 0 saturated carbocycles. The van der Waals surface area contributed by atoms with Crippen LogP contribution in [0.3, 0.4) is 0 Å². The second-order valence-corrected chi connectivity index (χ2v) is 2.73. The van der Waals surface area contributed by atoms with E-state index in [0.717, 1.165) is 5.56 Å². The van der Waals surface area contributed by atoms with Gasteiger partial charge in [-0.15, -0.1) is 0 Å². The number of nitrogens with zero attached hydrogens (tertiary/aromatic N) is 1. The van der Waals surface area contributed by atoms with Crippen LogP contribution in [0.2, 0.25) is 0 Å². The number of methoxy groups -OCH3 is 1. The van der Waals surface area contributed by atoms with Gasteiger partial charge < -0.3 is 15.6 Å². The minimum Gasteiger partial charge on any atom is -0.481 e. The highest BCUT2D eigenvalue weighted by molar-refractivity contribution is 5.19. The number of ether oxygens (including phenoxy) is 1. The fourth-order valence-corrected chi connectivity index (χ4v) is 1.03. The van der Waals surface area contributed by atoms with Crippen molar-refractivity contribution >= 4 is 0 Å². The molecular formula is C9H14N2O2. The molecule has 72 valence electrons. The van der Waals surface area contributed by atoms with Crippen LogP contribution >= 0.6 is 0 Å². The topological polar surface area (TPSA) is 68.4 Å². The third kappa shape index (κ3) is 2.68. The molecule has 0 amide bonds. The number of aliphatic hydroxyl groups is 1. The highest BCUT2D eigenvalue weighted by Gasteiger charge is 2.06. The fourth-order valence-electron chi connectivity index (χ4n) is 1.03. The van der Waals surface area contributed by atoms with Gasteiger partial charge in [-0.3, -0.25) is 0 Å². The number of pyridine rings is 1. The Bertz CT molecular complexity index is 248. The maximum Gasteiger partial charge on any atom is 0.212 e. The maximum absolute atomic E-state index is 9.52. The van der Waals surface area contributed by atoms with Gasteiger partial charge in [0.2, 0.25) is 5.88 Å². The zero-order chi connectivity index (χ0) is 9.68. The minimum atomic E-state index is -0.525. The van der Waals surface area contributed by atoms with Crippen LogP contribution in [0, 0.1) is 0 Å².